The quantitative estimate of drug-likeness (QED) is 0.857. The van der Waals surface area contributed by atoms with Crippen LogP contribution < -0.4 is 10.6 Å². The minimum Gasteiger partial charge on any atom is -0.373 e. The molecule has 1 aliphatic rings. The first-order chi connectivity index (χ1) is 10.2. The first-order valence-electron chi connectivity index (χ1n) is 7.45. The van der Waals surface area contributed by atoms with Crippen LogP contribution in [0.5, 0.6) is 0 Å². The van der Waals surface area contributed by atoms with Gasteiger partial charge in [-0.1, -0.05) is 6.92 Å². The van der Waals surface area contributed by atoms with Crippen LogP contribution in [0.4, 0.5) is 11.6 Å². The highest BCUT2D eigenvalue weighted by atomic mass is 32.1. The van der Waals surface area contributed by atoms with E-state index in [2.05, 4.69) is 27.5 Å². The van der Waals surface area contributed by atoms with Gasteiger partial charge >= 0.3 is 0 Å². The van der Waals surface area contributed by atoms with Crippen LogP contribution in [0.15, 0.2) is 6.20 Å². The molecule has 6 heteroatoms. The van der Waals surface area contributed by atoms with Crippen molar-refractivity contribution in [1.82, 2.24) is 15.0 Å². The van der Waals surface area contributed by atoms with Gasteiger partial charge in [0.1, 0.15) is 22.5 Å². The molecule has 0 saturated heterocycles. The first-order valence-corrected chi connectivity index (χ1v) is 8.26. The second-order valence-corrected chi connectivity index (χ2v) is 6.56. The number of anilines is 2. The minimum atomic E-state index is 0.546. The van der Waals surface area contributed by atoms with Crippen LogP contribution in [0, 0.1) is 6.92 Å². The van der Waals surface area contributed by atoms with E-state index < -0.39 is 0 Å². The summed E-state index contributed by atoms with van der Waals surface area (Å²) in [4.78, 5) is 15.1. The van der Waals surface area contributed by atoms with Crippen LogP contribution >= 0.6 is 11.3 Å². The minimum absolute atomic E-state index is 0.546. The lowest BCUT2D eigenvalue weighted by molar-refractivity contribution is 0.912. The zero-order chi connectivity index (χ0) is 14.8. The van der Waals surface area contributed by atoms with E-state index in [0.29, 0.717) is 5.92 Å². The van der Waals surface area contributed by atoms with Crippen LogP contribution in [0.25, 0.3) is 0 Å². The molecule has 2 aromatic heterocycles. The van der Waals surface area contributed by atoms with E-state index in [1.165, 1.54) is 17.7 Å². The van der Waals surface area contributed by atoms with E-state index in [0.717, 1.165) is 41.0 Å². The Labute approximate surface area is 129 Å². The highest BCUT2D eigenvalue weighted by molar-refractivity contribution is 7.11. The van der Waals surface area contributed by atoms with Gasteiger partial charge in [-0.05, 0) is 26.2 Å². The summed E-state index contributed by atoms with van der Waals surface area (Å²) in [7, 11) is 1.91. The predicted molar refractivity (Wildman–Crippen MR) is 87.1 cm³/mol. The monoisotopic (exact) mass is 303 g/mol. The Hall–Kier alpha value is -1.69. The lowest BCUT2D eigenvalue weighted by Gasteiger charge is -2.13. The number of rotatable bonds is 6. The van der Waals surface area contributed by atoms with Crippen molar-refractivity contribution in [2.75, 3.05) is 17.7 Å². The van der Waals surface area contributed by atoms with Crippen molar-refractivity contribution in [3.8, 4) is 0 Å². The molecule has 3 rings (SSSR count). The van der Waals surface area contributed by atoms with Crippen molar-refractivity contribution >= 4 is 23.0 Å². The van der Waals surface area contributed by atoms with Gasteiger partial charge < -0.3 is 10.6 Å². The standard InChI is InChI=1S/C15H21N5S/c1-4-11-7-17-12(21-11)8-18-14-9(2)13(16-3)19-15(20-14)10-5-6-10/h7,10H,4-6,8H2,1-3H3,(H2,16,18,19,20). The normalized spacial score (nSPS) is 14.2. The molecule has 0 aromatic carbocycles. The van der Waals surface area contributed by atoms with Gasteiger partial charge in [-0.15, -0.1) is 11.3 Å². The van der Waals surface area contributed by atoms with Crippen molar-refractivity contribution in [3.63, 3.8) is 0 Å². The lowest BCUT2D eigenvalue weighted by Crippen LogP contribution is -2.09. The predicted octanol–water partition coefficient (Wildman–Crippen LogP) is 3.34. The molecule has 0 bridgehead atoms. The SMILES string of the molecule is CCc1cnc(CNc2nc(C3CC3)nc(NC)c2C)s1. The van der Waals surface area contributed by atoms with E-state index in [4.69, 9.17) is 4.98 Å². The molecule has 112 valence electrons. The molecule has 0 atom stereocenters. The fraction of sp³-hybridized carbons (Fsp3) is 0.533. The number of nitrogens with one attached hydrogen (secondary N) is 2. The average molecular weight is 303 g/mol. The third-order valence-electron chi connectivity index (χ3n) is 3.70. The topological polar surface area (TPSA) is 62.7 Å². The maximum Gasteiger partial charge on any atom is 0.136 e. The summed E-state index contributed by atoms with van der Waals surface area (Å²) in [6, 6.07) is 0. The van der Waals surface area contributed by atoms with Crippen LogP contribution in [-0.4, -0.2) is 22.0 Å². The van der Waals surface area contributed by atoms with Crippen molar-refractivity contribution in [3.05, 3.63) is 27.5 Å². The summed E-state index contributed by atoms with van der Waals surface area (Å²) in [5.41, 5.74) is 1.06. The number of aromatic nitrogens is 3. The number of thiazole rings is 1. The molecule has 1 fully saturated rings. The zero-order valence-electron chi connectivity index (χ0n) is 12.7. The summed E-state index contributed by atoms with van der Waals surface area (Å²) in [5.74, 6) is 3.35. The van der Waals surface area contributed by atoms with Gasteiger partial charge in [0.2, 0.25) is 0 Å². The highest BCUT2D eigenvalue weighted by Crippen LogP contribution is 2.39. The molecule has 0 radical (unpaired) electrons. The van der Waals surface area contributed by atoms with Gasteiger partial charge in [0.15, 0.2) is 0 Å². The van der Waals surface area contributed by atoms with Crippen LogP contribution in [0.1, 0.15) is 47.0 Å². The summed E-state index contributed by atoms with van der Waals surface area (Å²) in [6.45, 7) is 4.92. The van der Waals surface area contributed by atoms with Gasteiger partial charge in [-0.3, -0.25) is 0 Å². The Morgan fingerprint density at radius 3 is 2.67 bits per heavy atom. The van der Waals surface area contributed by atoms with Gasteiger partial charge in [0.05, 0.1) is 6.54 Å². The molecule has 2 aromatic rings. The molecule has 0 spiro atoms. The second kappa shape index (κ2) is 5.97. The average Bonchev–Trinajstić information content (AvgIpc) is 3.25. The molecule has 2 N–H and O–H groups in total. The molecule has 1 saturated carbocycles. The molecular weight excluding hydrogens is 282 g/mol. The number of hydrogen-bond donors (Lipinski definition) is 2. The summed E-state index contributed by atoms with van der Waals surface area (Å²) >= 11 is 1.76. The Balaban J connectivity index is 1.78. The molecule has 2 heterocycles. The van der Waals surface area contributed by atoms with Crippen molar-refractivity contribution in [2.45, 2.75) is 45.6 Å². The molecule has 21 heavy (non-hydrogen) atoms. The van der Waals surface area contributed by atoms with Crippen LogP contribution in [0.3, 0.4) is 0 Å². The maximum absolute atomic E-state index is 4.70. The Morgan fingerprint density at radius 1 is 1.29 bits per heavy atom. The van der Waals surface area contributed by atoms with E-state index in [9.17, 15) is 0 Å². The summed E-state index contributed by atoms with van der Waals surface area (Å²) in [5, 5.41) is 7.69. The van der Waals surface area contributed by atoms with Crippen molar-refractivity contribution < 1.29 is 0 Å². The van der Waals surface area contributed by atoms with Crippen LogP contribution in [0.2, 0.25) is 0 Å². The maximum atomic E-state index is 4.70. The van der Waals surface area contributed by atoms with E-state index in [-0.39, 0.29) is 0 Å². The molecular formula is C15H21N5S. The van der Waals surface area contributed by atoms with E-state index in [1.807, 2.05) is 20.2 Å². The Kier molecular flexibility index (Phi) is 4.05. The summed E-state index contributed by atoms with van der Waals surface area (Å²) in [6.07, 6.45) is 5.42. The molecule has 0 amide bonds. The Bertz CT molecular complexity index is 633. The van der Waals surface area contributed by atoms with Gasteiger partial charge in [-0.25, -0.2) is 15.0 Å². The molecule has 0 aliphatic heterocycles. The van der Waals surface area contributed by atoms with E-state index >= 15 is 0 Å². The van der Waals surface area contributed by atoms with Gasteiger partial charge in [0, 0.05) is 29.6 Å². The largest absolute Gasteiger partial charge is 0.373 e. The fourth-order valence-electron chi connectivity index (χ4n) is 2.23. The number of aryl methyl sites for hydroxylation is 1. The number of hydrogen-bond acceptors (Lipinski definition) is 6. The Morgan fingerprint density at radius 2 is 2.05 bits per heavy atom. The fourth-order valence-corrected chi connectivity index (χ4v) is 3.03. The van der Waals surface area contributed by atoms with Gasteiger partial charge in [0.25, 0.3) is 0 Å². The van der Waals surface area contributed by atoms with Crippen LogP contribution in [-0.2, 0) is 13.0 Å². The second-order valence-electron chi connectivity index (χ2n) is 5.36. The lowest BCUT2D eigenvalue weighted by atomic mass is 10.2. The number of nitrogens with zero attached hydrogens (tertiary/aromatic N) is 3. The first kappa shape index (κ1) is 14.3. The molecule has 5 nitrogen and oxygen atoms in total. The highest BCUT2D eigenvalue weighted by Gasteiger charge is 2.28. The molecule has 1 aliphatic carbocycles. The third kappa shape index (κ3) is 3.15. The third-order valence-corrected chi connectivity index (χ3v) is 4.84. The van der Waals surface area contributed by atoms with Crippen molar-refractivity contribution in [1.29, 1.82) is 0 Å². The molecule has 0 unspecified atom stereocenters. The van der Waals surface area contributed by atoms with Gasteiger partial charge in [-0.2, -0.15) is 0 Å². The summed E-state index contributed by atoms with van der Waals surface area (Å²) < 4.78 is 0. The van der Waals surface area contributed by atoms with Crippen molar-refractivity contribution in [2.24, 2.45) is 0 Å². The zero-order valence-corrected chi connectivity index (χ0v) is 13.5. The smallest absolute Gasteiger partial charge is 0.136 e. The van der Waals surface area contributed by atoms with E-state index in [1.54, 1.807) is 11.3 Å².